The molecule has 8 nitrogen and oxygen atoms in total. The first kappa shape index (κ1) is 25.8. The monoisotopic (exact) mass is 551 g/mol. The molecule has 2 atom stereocenters. The van der Waals surface area contributed by atoms with Crippen LogP contribution in [0.5, 0.6) is 0 Å². The van der Waals surface area contributed by atoms with Gasteiger partial charge in [0.1, 0.15) is 5.01 Å². The van der Waals surface area contributed by atoms with Crippen LogP contribution in [0.15, 0.2) is 28.6 Å². The molecule has 2 amide bonds. The zero-order valence-electron chi connectivity index (χ0n) is 20.2. The van der Waals surface area contributed by atoms with Crippen LogP contribution in [0.3, 0.4) is 0 Å². The Hall–Kier alpha value is -1.85. The number of nitrogens with zero attached hydrogens (tertiary/aromatic N) is 3. The lowest BCUT2D eigenvalue weighted by molar-refractivity contribution is -0.158. The standard InChI is InChI=1S/C25H30ClN3O5S2/c1-32-24(31)28-8-7-25(15-28)16-29(19-6-5-17(26)12-18(19)25)21(30)13-20-27-14-23(36-20)35-11-10-34-22-4-2-3-9-33-22/h5-6,12,14,22H,2-4,7-11,13,15-16H2,1H3. The first-order chi connectivity index (χ1) is 17.5. The second kappa shape index (κ2) is 11.3. The van der Waals surface area contributed by atoms with Crippen molar-refractivity contribution in [1.29, 1.82) is 0 Å². The topological polar surface area (TPSA) is 81.2 Å². The number of likely N-dealkylation sites (tertiary alicyclic amines) is 1. The maximum atomic E-state index is 13.4. The molecule has 1 aromatic heterocycles. The van der Waals surface area contributed by atoms with E-state index in [0.717, 1.165) is 58.5 Å². The number of fused-ring (bicyclic) bond motifs is 2. The van der Waals surface area contributed by atoms with Gasteiger partial charge in [0.2, 0.25) is 5.91 Å². The van der Waals surface area contributed by atoms with E-state index < -0.39 is 0 Å². The van der Waals surface area contributed by atoms with E-state index in [1.165, 1.54) is 7.11 Å². The van der Waals surface area contributed by atoms with Gasteiger partial charge in [-0.25, -0.2) is 9.78 Å². The van der Waals surface area contributed by atoms with Gasteiger partial charge in [-0.15, -0.1) is 23.1 Å². The Kier molecular flexibility index (Phi) is 8.07. The Morgan fingerprint density at radius 1 is 1.33 bits per heavy atom. The van der Waals surface area contributed by atoms with E-state index in [2.05, 4.69) is 4.98 Å². The molecule has 3 aliphatic rings. The number of methoxy groups -OCH3 is 1. The van der Waals surface area contributed by atoms with Gasteiger partial charge in [0.15, 0.2) is 6.29 Å². The molecule has 0 radical (unpaired) electrons. The third kappa shape index (κ3) is 5.52. The molecule has 36 heavy (non-hydrogen) atoms. The summed E-state index contributed by atoms with van der Waals surface area (Å²) in [6, 6.07) is 5.65. The van der Waals surface area contributed by atoms with Gasteiger partial charge in [-0.1, -0.05) is 11.6 Å². The van der Waals surface area contributed by atoms with Crippen LogP contribution in [-0.2, 0) is 30.8 Å². The van der Waals surface area contributed by atoms with Crippen molar-refractivity contribution in [2.75, 3.05) is 50.6 Å². The molecule has 2 fully saturated rings. The molecule has 2 aromatic rings. The minimum absolute atomic E-state index is 0.00403. The number of hydrogen-bond acceptors (Lipinski definition) is 8. The van der Waals surface area contributed by atoms with Crippen LogP contribution in [0.2, 0.25) is 5.02 Å². The fraction of sp³-hybridized carbons (Fsp3) is 0.560. The molecule has 0 saturated carbocycles. The first-order valence-electron chi connectivity index (χ1n) is 12.2. The Morgan fingerprint density at radius 3 is 3.03 bits per heavy atom. The number of aromatic nitrogens is 1. The average Bonchev–Trinajstić information content (AvgIpc) is 3.60. The summed E-state index contributed by atoms with van der Waals surface area (Å²) in [5.41, 5.74) is 1.55. The number of hydrogen-bond donors (Lipinski definition) is 0. The average molecular weight is 552 g/mol. The molecule has 4 heterocycles. The molecule has 0 N–H and O–H groups in total. The predicted molar refractivity (Wildman–Crippen MR) is 140 cm³/mol. The number of carbonyl (C=O) groups excluding carboxylic acids is 2. The molecule has 1 spiro atoms. The van der Waals surface area contributed by atoms with Crippen molar-refractivity contribution in [3.63, 3.8) is 0 Å². The summed E-state index contributed by atoms with van der Waals surface area (Å²) >= 11 is 9.57. The molecule has 1 aromatic carbocycles. The van der Waals surface area contributed by atoms with E-state index in [1.54, 1.807) is 28.0 Å². The highest BCUT2D eigenvalue weighted by molar-refractivity contribution is 8.01. The number of rotatable bonds is 7. The summed E-state index contributed by atoms with van der Waals surface area (Å²) in [5, 5.41) is 1.41. The quantitative estimate of drug-likeness (QED) is 0.363. The Morgan fingerprint density at radius 2 is 2.22 bits per heavy atom. The molecular formula is C25H30ClN3O5S2. The summed E-state index contributed by atoms with van der Waals surface area (Å²) in [7, 11) is 1.39. The van der Waals surface area contributed by atoms with Gasteiger partial charge in [0.05, 0.1) is 30.5 Å². The maximum Gasteiger partial charge on any atom is 0.409 e. The highest BCUT2D eigenvalue weighted by Crippen LogP contribution is 2.47. The normalized spacial score (nSPS) is 23.3. The van der Waals surface area contributed by atoms with Gasteiger partial charge >= 0.3 is 6.09 Å². The van der Waals surface area contributed by atoms with Gasteiger partial charge in [-0.2, -0.15) is 0 Å². The van der Waals surface area contributed by atoms with Crippen LogP contribution >= 0.6 is 34.7 Å². The van der Waals surface area contributed by atoms with E-state index in [9.17, 15) is 9.59 Å². The molecule has 2 saturated heterocycles. The molecule has 0 aliphatic carbocycles. The number of halogens is 1. The van der Waals surface area contributed by atoms with Crippen LogP contribution in [-0.4, -0.2) is 73.9 Å². The smallest absolute Gasteiger partial charge is 0.409 e. The van der Waals surface area contributed by atoms with E-state index in [4.69, 9.17) is 25.8 Å². The number of anilines is 1. The summed E-state index contributed by atoms with van der Waals surface area (Å²) in [6.07, 6.45) is 5.64. The largest absolute Gasteiger partial charge is 0.453 e. The van der Waals surface area contributed by atoms with Crippen LogP contribution < -0.4 is 4.90 Å². The highest BCUT2D eigenvalue weighted by Gasteiger charge is 2.50. The van der Waals surface area contributed by atoms with Crippen LogP contribution in [0.1, 0.15) is 36.3 Å². The maximum absolute atomic E-state index is 13.4. The van der Waals surface area contributed by atoms with Crippen LogP contribution in [0.4, 0.5) is 10.5 Å². The first-order valence-corrected chi connectivity index (χ1v) is 14.4. The van der Waals surface area contributed by atoms with Crippen molar-refractivity contribution in [3.8, 4) is 0 Å². The summed E-state index contributed by atoms with van der Waals surface area (Å²) in [4.78, 5) is 33.6. The van der Waals surface area contributed by atoms with Gasteiger partial charge in [0, 0.05) is 48.1 Å². The lowest BCUT2D eigenvalue weighted by Gasteiger charge is -2.25. The highest BCUT2D eigenvalue weighted by atomic mass is 35.5. The Bertz CT molecular complexity index is 1110. The van der Waals surface area contributed by atoms with Gasteiger partial charge in [-0.3, -0.25) is 4.79 Å². The zero-order valence-corrected chi connectivity index (χ0v) is 22.6. The van der Waals surface area contributed by atoms with E-state index in [0.29, 0.717) is 31.3 Å². The number of thioether (sulfide) groups is 1. The lowest BCUT2D eigenvalue weighted by Crippen LogP contribution is -2.40. The number of benzene rings is 1. The number of amides is 2. The second-order valence-electron chi connectivity index (χ2n) is 9.33. The van der Waals surface area contributed by atoms with Crippen molar-refractivity contribution >= 4 is 52.4 Å². The van der Waals surface area contributed by atoms with Crippen molar-refractivity contribution in [3.05, 3.63) is 40.0 Å². The third-order valence-electron chi connectivity index (χ3n) is 6.97. The third-order valence-corrected chi connectivity index (χ3v) is 9.36. The van der Waals surface area contributed by atoms with Gasteiger partial charge in [-0.05, 0) is 49.4 Å². The molecule has 0 bridgehead atoms. The molecule has 2 unspecified atom stereocenters. The molecular weight excluding hydrogens is 522 g/mol. The number of carbonyl (C=O) groups is 2. The molecule has 3 aliphatic heterocycles. The number of ether oxygens (including phenoxy) is 3. The zero-order chi connectivity index (χ0) is 25.1. The lowest BCUT2D eigenvalue weighted by atomic mass is 9.81. The SMILES string of the molecule is COC(=O)N1CCC2(C1)CN(C(=O)Cc1ncc(SCCOC3CCCCO3)s1)c1ccc(Cl)cc12. The van der Waals surface area contributed by atoms with Gasteiger partial charge in [0.25, 0.3) is 0 Å². The minimum atomic E-state index is -0.343. The van der Waals surface area contributed by atoms with Crippen molar-refractivity contribution in [1.82, 2.24) is 9.88 Å². The van der Waals surface area contributed by atoms with E-state index in [-0.39, 0.29) is 30.1 Å². The van der Waals surface area contributed by atoms with Crippen molar-refractivity contribution in [2.45, 2.75) is 48.0 Å². The van der Waals surface area contributed by atoms with E-state index >= 15 is 0 Å². The second-order valence-corrected chi connectivity index (χ2v) is 12.3. The van der Waals surface area contributed by atoms with Crippen molar-refractivity contribution < 1.29 is 23.8 Å². The predicted octanol–water partition coefficient (Wildman–Crippen LogP) is 4.73. The minimum Gasteiger partial charge on any atom is -0.453 e. The number of thiazole rings is 1. The van der Waals surface area contributed by atoms with Crippen molar-refractivity contribution in [2.24, 2.45) is 0 Å². The summed E-state index contributed by atoms with van der Waals surface area (Å²) in [6.45, 7) is 3.01. The molecule has 11 heteroatoms. The molecule has 194 valence electrons. The van der Waals surface area contributed by atoms with Crippen LogP contribution in [0.25, 0.3) is 0 Å². The van der Waals surface area contributed by atoms with Crippen LogP contribution in [0, 0.1) is 0 Å². The summed E-state index contributed by atoms with van der Waals surface area (Å²) < 4.78 is 17.4. The Balaban J connectivity index is 1.20. The van der Waals surface area contributed by atoms with E-state index in [1.807, 2.05) is 29.3 Å². The summed E-state index contributed by atoms with van der Waals surface area (Å²) in [5.74, 6) is 0.810. The molecule has 5 rings (SSSR count). The fourth-order valence-electron chi connectivity index (χ4n) is 5.20. The Labute approximate surface area is 224 Å². The fourth-order valence-corrected chi connectivity index (χ4v) is 7.29. The van der Waals surface area contributed by atoms with Gasteiger partial charge < -0.3 is 24.0 Å².